The standard InChI is InChI=1S/C17H30N6O2/c1-17(2,3)25-16(24)20-8-7-19-15(18-4)23-9-6-13(12-23)14-10-21-22(5)11-14/h10-11,13H,6-9,12H2,1-5H3,(H,18,19)(H,20,24). The first-order valence-corrected chi connectivity index (χ1v) is 8.69. The zero-order chi connectivity index (χ0) is 18.4. The minimum absolute atomic E-state index is 0.401. The molecule has 1 fully saturated rings. The number of carbonyl (C=O) groups is 1. The predicted octanol–water partition coefficient (Wildman–Crippen LogP) is 1.31. The minimum Gasteiger partial charge on any atom is -0.444 e. The highest BCUT2D eigenvalue weighted by atomic mass is 16.6. The van der Waals surface area contributed by atoms with Crippen LogP contribution >= 0.6 is 0 Å². The molecule has 2 N–H and O–H groups in total. The number of rotatable bonds is 4. The normalized spacial score (nSPS) is 18.4. The molecular formula is C17H30N6O2. The highest BCUT2D eigenvalue weighted by Crippen LogP contribution is 2.26. The van der Waals surface area contributed by atoms with Gasteiger partial charge in [0.25, 0.3) is 0 Å². The van der Waals surface area contributed by atoms with E-state index in [4.69, 9.17) is 4.74 Å². The van der Waals surface area contributed by atoms with E-state index in [0.29, 0.717) is 19.0 Å². The van der Waals surface area contributed by atoms with Crippen LogP contribution in [0.25, 0.3) is 0 Å². The molecular weight excluding hydrogens is 320 g/mol. The SMILES string of the molecule is CN=C(NCCNC(=O)OC(C)(C)C)N1CCC(c2cnn(C)c2)C1. The summed E-state index contributed by atoms with van der Waals surface area (Å²) in [5, 5.41) is 10.3. The van der Waals surface area contributed by atoms with Crippen molar-refractivity contribution in [2.24, 2.45) is 12.0 Å². The Morgan fingerprint density at radius 3 is 2.72 bits per heavy atom. The van der Waals surface area contributed by atoms with Gasteiger partial charge >= 0.3 is 6.09 Å². The Morgan fingerprint density at radius 2 is 2.12 bits per heavy atom. The third-order valence-electron chi connectivity index (χ3n) is 3.97. The van der Waals surface area contributed by atoms with Crippen molar-refractivity contribution in [3.8, 4) is 0 Å². The molecule has 2 rings (SSSR count). The molecule has 1 amide bonds. The van der Waals surface area contributed by atoms with Gasteiger partial charge in [0, 0.05) is 52.4 Å². The van der Waals surface area contributed by atoms with Crippen molar-refractivity contribution in [1.29, 1.82) is 0 Å². The van der Waals surface area contributed by atoms with Crippen LogP contribution in [0.3, 0.4) is 0 Å². The number of ether oxygens (including phenoxy) is 1. The molecule has 1 atom stereocenters. The van der Waals surface area contributed by atoms with Gasteiger partial charge in [-0.15, -0.1) is 0 Å². The molecule has 0 aliphatic carbocycles. The molecule has 8 nitrogen and oxygen atoms in total. The lowest BCUT2D eigenvalue weighted by Gasteiger charge is -2.22. The predicted molar refractivity (Wildman–Crippen MR) is 97.7 cm³/mol. The van der Waals surface area contributed by atoms with Crippen LogP contribution in [0.2, 0.25) is 0 Å². The Bertz CT molecular complexity index is 605. The van der Waals surface area contributed by atoms with Gasteiger partial charge < -0.3 is 20.3 Å². The lowest BCUT2D eigenvalue weighted by atomic mass is 10.0. The average molecular weight is 350 g/mol. The third-order valence-corrected chi connectivity index (χ3v) is 3.97. The molecule has 1 aliphatic rings. The molecule has 8 heteroatoms. The molecule has 0 bridgehead atoms. The average Bonchev–Trinajstić information content (AvgIpc) is 3.14. The molecule has 25 heavy (non-hydrogen) atoms. The van der Waals surface area contributed by atoms with Crippen molar-refractivity contribution in [3.63, 3.8) is 0 Å². The molecule has 1 aliphatic heterocycles. The molecule has 1 aromatic heterocycles. The maximum absolute atomic E-state index is 11.6. The van der Waals surface area contributed by atoms with Gasteiger partial charge in [0.2, 0.25) is 0 Å². The summed E-state index contributed by atoms with van der Waals surface area (Å²) in [4.78, 5) is 18.2. The Morgan fingerprint density at radius 1 is 1.40 bits per heavy atom. The van der Waals surface area contributed by atoms with Crippen molar-refractivity contribution in [3.05, 3.63) is 18.0 Å². The van der Waals surface area contributed by atoms with E-state index in [9.17, 15) is 4.79 Å². The lowest BCUT2D eigenvalue weighted by molar-refractivity contribution is 0.0529. The summed E-state index contributed by atoms with van der Waals surface area (Å²) in [6, 6.07) is 0. The first kappa shape index (κ1) is 19.1. The van der Waals surface area contributed by atoms with Gasteiger partial charge in [0.15, 0.2) is 5.96 Å². The number of guanidine groups is 1. The van der Waals surface area contributed by atoms with Gasteiger partial charge in [0.05, 0.1) is 6.20 Å². The Hall–Kier alpha value is -2.25. The summed E-state index contributed by atoms with van der Waals surface area (Å²) < 4.78 is 7.05. The Labute approximate surface area is 149 Å². The second-order valence-electron chi connectivity index (χ2n) is 7.28. The zero-order valence-electron chi connectivity index (χ0n) is 15.9. The number of aryl methyl sites for hydroxylation is 1. The quantitative estimate of drug-likeness (QED) is 0.486. The van der Waals surface area contributed by atoms with E-state index in [1.807, 2.05) is 38.7 Å². The van der Waals surface area contributed by atoms with Crippen molar-refractivity contribution in [2.45, 2.75) is 38.7 Å². The second kappa shape index (κ2) is 8.22. The Balaban J connectivity index is 1.73. The van der Waals surface area contributed by atoms with Gasteiger partial charge in [-0.2, -0.15) is 5.10 Å². The molecule has 1 unspecified atom stereocenters. The maximum atomic E-state index is 11.6. The smallest absolute Gasteiger partial charge is 0.407 e. The molecule has 0 spiro atoms. The largest absolute Gasteiger partial charge is 0.444 e. The van der Waals surface area contributed by atoms with E-state index in [2.05, 4.69) is 31.8 Å². The number of alkyl carbamates (subject to hydrolysis) is 1. The summed E-state index contributed by atoms with van der Waals surface area (Å²) >= 11 is 0. The van der Waals surface area contributed by atoms with E-state index < -0.39 is 11.7 Å². The van der Waals surface area contributed by atoms with E-state index in [1.165, 1.54) is 5.56 Å². The zero-order valence-corrected chi connectivity index (χ0v) is 15.9. The molecule has 1 aromatic rings. The summed E-state index contributed by atoms with van der Waals surface area (Å²) in [5.74, 6) is 1.34. The molecule has 0 aromatic carbocycles. The van der Waals surface area contributed by atoms with Crippen LogP contribution in [0, 0.1) is 0 Å². The van der Waals surface area contributed by atoms with Gasteiger partial charge in [0.1, 0.15) is 5.60 Å². The van der Waals surface area contributed by atoms with Crippen molar-refractivity contribution >= 4 is 12.1 Å². The fourth-order valence-electron chi connectivity index (χ4n) is 2.86. The van der Waals surface area contributed by atoms with Crippen LogP contribution in [0.4, 0.5) is 4.79 Å². The molecule has 140 valence electrons. The Kier molecular flexibility index (Phi) is 6.27. The van der Waals surface area contributed by atoms with Gasteiger partial charge in [-0.25, -0.2) is 4.79 Å². The highest BCUT2D eigenvalue weighted by molar-refractivity contribution is 5.80. The molecule has 2 heterocycles. The monoisotopic (exact) mass is 350 g/mol. The number of nitrogens with zero attached hydrogens (tertiary/aromatic N) is 4. The summed E-state index contributed by atoms with van der Waals surface area (Å²) in [5.41, 5.74) is 0.789. The van der Waals surface area contributed by atoms with Crippen LogP contribution in [0.5, 0.6) is 0 Å². The first-order chi connectivity index (χ1) is 11.8. The fourth-order valence-corrected chi connectivity index (χ4v) is 2.86. The molecule has 1 saturated heterocycles. The number of likely N-dealkylation sites (tertiary alicyclic amines) is 1. The number of nitrogens with one attached hydrogen (secondary N) is 2. The first-order valence-electron chi connectivity index (χ1n) is 8.69. The van der Waals surface area contributed by atoms with Crippen molar-refractivity contribution in [2.75, 3.05) is 33.2 Å². The van der Waals surface area contributed by atoms with Crippen LogP contribution in [0.1, 0.15) is 38.7 Å². The van der Waals surface area contributed by atoms with Crippen LogP contribution < -0.4 is 10.6 Å². The van der Waals surface area contributed by atoms with Crippen molar-refractivity contribution in [1.82, 2.24) is 25.3 Å². The number of aromatic nitrogens is 2. The lowest BCUT2D eigenvalue weighted by Crippen LogP contribution is -2.43. The van der Waals surface area contributed by atoms with E-state index in [1.54, 1.807) is 7.05 Å². The highest BCUT2D eigenvalue weighted by Gasteiger charge is 2.26. The third kappa shape index (κ3) is 5.95. The van der Waals surface area contributed by atoms with E-state index in [0.717, 1.165) is 25.5 Å². The van der Waals surface area contributed by atoms with Crippen LogP contribution in [0.15, 0.2) is 17.4 Å². The van der Waals surface area contributed by atoms with Gasteiger partial charge in [-0.3, -0.25) is 9.67 Å². The number of amides is 1. The number of aliphatic imine (C=N–C) groups is 1. The summed E-state index contributed by atoms with van der Waals surface area (Å²) in [6.45, 7) is 8.49. The minimum atomic E-state index is -0.482. The number of hydrogen-bond donors (Lipinski definition) is 2. The van der Waals surface area contributed by atoms with Crippen LogP contribution in [-0.2, 0) is 11.8 Å². The number of carbonyl (C=O) groups excluding carboxylic acids is 1. The molecule has 0 saturated carbocycles. The van der Waals surface area contributed by atoms with E-state index >= 15 is 0 Å². The maximum Gasteiger partial charge on any atom is 0.407 e. The fraction of sp³-hybridized carbons (Fsp3) is 0.706. The van der Waals surface area contributed by atoms with Gasteiger partial charge in [-0.1, -0.05) is 0 Å². The van der Waals surface area contributed by atoms with Gasteiger partial charge in [-0.05, 0) is 32.8 Å². The summed E-state index contributed by atoms with van der Waals surface area (Å²) in [7, 11) is 3.72. The topological polar surface area (TPSA) is 83.8 Å². The van der Waals surface area contributed by atoms with Crippen molar-refractivity contribution < 1.29 is 9.53 Å². The summed E-state index contributed by atoms with van der Waals surface area (Å²) in [6.07, 6.45) is 4.70. The molecule has 0 radical (unpaired) electrons. The number of hydrogen-bond acceptors (Lipinski definition) is 4. The van der Waals surface area contributed by atoms with E-state index in [-0.39, 0.29) is 0 Å². The van der Waals surface area contributed by atoms with Crippen LogP contribution in [-0.4, -0.2) is 65.6 Å². The second-order valence-corrected chi connectivity index (χ2v) is 7.28.